The topological polar surface area (TPSA) is 71.1 Å². The molecule has 0 spiro atoms. The largest absolute Gasteiger partial charge is 0.484 e. The maximum Gasteiger partial charge on any atom is 0.260 e. The van der Waals surface area contributed by atoms with Gasteiger partial charge in [-0.25, -0.2) is 0 Å². The number of likely N-dealkylation sites (tertiary alicyclic amines) is 1. The summed E-state index contributed by atoms with van der Waals surface area (Å²) in [4.78, 5) is 29.6. The number of morpholine rings is 1. The van der Waals surface area contributed by atoms with Gasteiger partial charge in [-0.3, -0.25) is 9.59 Å². The number of piperidine rings is 1. The second-order valence-electron chi connectivity index (χ2n) is 8.93. The molecule has 182 valence electrons. The van der Waals surface area contributed by atoms with E-state index in [0.29, 0.717) is 48.3 Å². The Hall–Kier alpha value is -2.77. The van der Waals surface area contributed by atoms with Crippen molar-refractivity contribution in [3.05, 3.63) is 53.1 Å². The summed E-state index contributed by atoms with van der Waals surface area (Å²) < 4.78 is 11.2. The van der Waals surface area contributed by atoms with Crippen LogP contribution in [0.2, 0.25) is 5.02 Å². The van der Waals surface area contributed by atoms with E-state index in [1.807, 2.05) is 23.1 Å². The fourth-order valence-corrected chi connectivity index (χ4v) is 5.05. The number of rotatable bonds is 6. The molecule has 0 bridgehead atoms. The standard InChI is InChI=1S/C26H32ClN3O4/c1-18-5-3-6-19(2)30(18)24(31)17-34-21-11-9-20(10-12-21)26(32)28-23-8-4-7-22(27)25(23)29-13-15-33-16-14-29/h4,7-12,18-19H,3,5-6,13-17H2,1-2H3,(H,28,32). The third kappa shape index (κ3) is 5.65. The summed E-state index contributed by atoms with van der Waals surface area (Å²) in [5, 5.41) is 3.57. The number of carbonyl (C=O) groups excluding carboxylic acids is 2. The molecule has 34 heavy (non-hydrogen) atoms. The smallest absolute Gasteiger partial charge is 0.260 e. The van der Waals surface area contributed by atoms with E-state index in [1.54, 1.807) is 24.3 Å². The van der Waals surface area contributed by atoms with E-state index < -0.39 is 0 Å². The van der Waals surface area contributed by atoms with E-state index >= 15 is 0 Å². The number of hydrogen-bond donors (Lipinski definition) is 1. The van der Waals surface area contributed by atoms with Crippen LogP contribution in [-0.2, 0) is 9.53 Å². The lowest BCUT2D eigenvalue weighted by atomic mass is 9.97. The highest BCUT2D eigenvalue weighted by atomic mass is 35.5. The molecule has 8 heteroatoms. The molecule has 2 aliphatic rings. The lowest BCUT2D eigenvalue weighted by Crippen LogP contribution is -2.49. The first-order valence-electron chi connectivity index (χ1n) is 11.9. The molecule has 2 aromatic carbocycles. The number of para-hydroxylation sites is 1. The fraction of sp³-hybridized carbons (Fsp3) is 0.462. The summed E-state index contributed by atoms with van der Waals surface area (Å²) in [6, 6.07) is 12.8. The minimum atomic E-state index is -0.240. The normalized spacial score (nSPS) is 20.7. The van der Waals surface area contributed by atoms with Gasteiger partial charge in [0.25, 0.3) is 11.8 Å². The van der Waals surface area contributed by atoms with Crippen LogP contribution >= 0.6 is 11.6 Å². The van der Waals surface area contributed by atoms with Crippen LogP contribution < -0.4 is 15.0 Å². The zero-order chi connectivity index (χ0) is 24.1. The van der Waals surface area contributed by atoms with Crippen molar-refractivity contribution in [2.75, 3.05) is 43.1 Å². The number of nitrogens with zero attached hydrogens (tertiary/aromatic N) is 2. The van der Waals surface area contributed by atoms with Crippen molar-refractivity contribution in [1.82, 2.24) is 4.90 Å². The minimum Gasteiger partial charge on any atom is -0.484 e. The van der Waals surface area contributed by atoms with Crippen LogP contribution in [0.15, 0.2) is 42.5 Å². The average Bonchev–Trinajstić information content (AvgIpc) is 2.83. The maximum atomic E-state index is 12.9. The average molecular weight is 486 g/mol. The Morgan fingerprint density at radius 3 is 2.41 bits per heavy atom. The first-order valence-corrected chi connectivity index (χ1v) is 12.3. The highest BCUT2D eigenvalue weighted by molar-refractivity contribution is 6.34. The molecule has 2 aromatic rings. The van der Waals surface area contributed by atoms with Gasteiger partial charge in [0.2, 0.25) is 0 Å². The van der Waals surface area contributed by atoms with Gasteiger partial charge in [-0.1, -0.05) is 17.7 Å². The van der Waals surface area contributed by atoms with Gasteiger partial charge in [-0.05, 0) is 69.5 Å². The maximum absolute atomic E-state index is 12.9. The number of benzene rings is 2. The quantitative estimate of drug-likeness (QED) is 0.647. The first kappa shape index (κ1) is 24.4. The molecule has 2 unspecified atom stereocenters. The summed E-state index contributed by atoms with van der Waals surface area (Å²) in [5.41, 5.74) is 1.96. The highest BCUT2D eigenvalue weighted by Gasteiger charge is 2.29. The third-order valence-electron chi connectivity index (χ3n) is 6.52. The number of anilines is 2. The number of ether oxygens (including phenoxy) is 2. The Bertz CT molecular complexity index is 998. The SMILES string of the molecule is CC1CCCC(C)N1C(=O)COc1ccc(C(=O)Nc2cccc(Cl)c2N2CCOCC2)cc1. The van der Waals surface area contributed by atoms with E-state index in [9.17, 15) is 9.59 Å². The molecule has 0 aliphatic carbocycles. The molecular weight excluding hydrogens is 454 g/mol. The molecule has 2 saturated heterocycles. The number of amides is 2. The highest BCUT2D eigenvalue weighted by Crippen LogP contribution is 2.34. The van der Waals surface area contributed by atoms with Crippen LogP contribution in [-0.4, -0.2) is 61.7 Å². The van der Waals surface area contributed by atoms with Gasteiger partial charge in [-0.15, -0.1) is 0 Å². The van der Waals surface area contributed by atoms with Crippen molar-refractivity contribution in [2.45, 2.75) is 45.2 Å². The van der Waals surface area contributed by atoms with E-state index in [0.717, 1.165) is 24.9 Å². The van der Waals surface area contributed by atoms with E-state index in [1.165, 1.54) is 0 Å². The van der Waals surface area contributed by atoms with Gasteiger partial charge in [-0.2, -0.15) is 0 Å². The Kier molecular flexibility index (Phi) is 7.95. The number of halogens is 1. The minimum absolute atomic E-state index is 0.00174. The van der Waals surface area contributed by atoms with Crippen LogP contribution in [0.3, 0.4) is 0 Å². The van der Waals surface area contributed by atoms with Gasteiger partial charge < -0.3 is 24.6 Å². The number of nitrogens with one attached hydrogen (secondary N) is 1. The molecule has 2 amide bonds. The first-order chi connectivity index (χ1) is 16.4. The molecule has 2 heterocycles. The van der Waals surface area contributed by atoms with Gasteiger partial charge in [0.05, 0.1) is 29.6 Å². The molecule has 2 atom stereocenters. The Labute approximate surface area is 206 Å². The van der Waals surface area contributed by atoms with Gasteiger partial charge in [0, 0.05) is 30.7 Å². The molecule has 0 radical (unpaired) electrons. The van der Waals surface area contributed by atoms with Gasteiger partial charge in [0.15, 0.2) is 6.61 Å². The molecule has 2 aliphatic heterocycles. The van der Waals surface area contributed by atoms with Gasteiger partial charge in [0.1, 0.15) is 5.75 Å². The van der Waals surface area contributed by atoms with E-state index in [4.69, 9.17) is 21.1 Å². The molecule has 7 nitrogen and oxygen atoms in total. The van der Waals surface area contributed by atoms with Crippen molar-refractivity contribution in [2.24, 2.45) is 0 Å². The van der Waals surface area contributed by atoms with Crippen molar-refractivity contribution in [3.8, 4) is 5.75 Å². The fourth-order valence-electron chi connectivity index (χ4n) is 4.75. The van der Waals surface area contributed by atoms with Crippen LogP contribution in [0.1, 0.15) is 43.5 Å². The summed E-state index contributed by atoms with van der Waals surface area (Å²) in [6.45, 7) is 6.84. The summed E-state index contributed by atoms with van der Waals surface area (Å²) in [5.74, 6) is 0.312. The predicted octanol–water partition coefficient (Wildman–Crippen LogP) is 4.60. The summed E-state index contributed by atoms with van der Waals surface area (Å²) in [6.07, 6.45) is 3.21. The number of carbonyl (C=O) groups is 2. The molecule has 0 saturated carbocycles. The Balaban J connectivity index is 1.37. The number of hydrogen-bond acceptors (Lipinski definition) is 5. The van der Waals surface area contributed by atoms with Crippen LogP contribution in [0.5, 0.6) is 5.75 Å². The van der Waals surface area contributed by atoms with Gasteiger partial charge >= 0.3 is 0 Å². The van der Waals surface area contributed by atoms with Crippen molar-refractivity contribution < 1.29 is 19.1 Å². The Morgan fingerprint density at radius 1 is 1.06 bits per heavy atom. The lowest BCUT2D eigenvalue weighted by Gasteiger charge is -2.38. The lowest BCUT2D eigenvalue weighted by molar-refractivity contribution is -0.139. The summed E-state index contributed by atoms with van der Waals surface area (Å²) >= 11 is 6.47. The van der Waals surface area contributed by atoms with Crippen molar-refractivity contribution in [3.63, 3.8) is 0 Å². The molecule has 0 aromatic heterocycles. The van der Waals surface area contributed by atoms with Crippen LogP contribution in [0.4, 0.5) is 11.4 Å². The third-order valence-corrected chi connectivity index (χ3v) is 6.83. The monoisotopic (exact) mass is 485 g/mol. The van der Waals surface area contributed by atoms with Crippen molar-refractivity contribution >= 4 is 34.8 Å². The molecule has 2 fully saturated rings. The zero-order valence-electron chi connectivity index (χ0n) is 19.8. The predicted molar refractivity (Wildman–Crippen MR) is 134 cm³/mol. The van der Waals surface area contributed by atoms with Crippen molar-refractivity contribution in [1.29, 1.82) is 0 Å². The second-order valence-corrected chi connectivity index (χ2v) is 9.34. The van der Waals surface area contributed by atoms with E-state index in [2.05, 4.69) is 24.1 Å². The molecular formula is C26H32ClN3O4. The molecule has 1 N–H and O–H groups in total. The van der Waals surface area contributed by atoms with Crippen LogP contribution in [0.25, 0.3) is 0 Å². The van der Waals surface area contributed by atoms with E-state index in [-0.39, 0.29) is 30.5 Å². The second kappa shape index (κ2) is 11.1. The zero-order valence-corrected chi connectivity index (χ0v) is 20.5. The summed E-state index contributed by atoms with van der Waals surface area (Å²) in [7, 11) is 0. The van der Waals surface area contributed by atoms with Crippen LogP contribution in [0, 0.1) is 0 Å². The molecule has 4 rings (SSSR count). The Morgan fingerprint density at radius 2 is 1.74 bits per heavy atom.